The molecule has 1 aromatic rings. The van der Waals surface area contributed by atoms with Crippen molar-refractivity contribution >= 4 is 11.8 Å². The summed E-state index contributed by atoms with van der Waals surface area (Å²) in [6.45, 7) is 3.49. The van der Waals surface area contributed by atoms with Crippen LogP contribution in [0, 0.1) is 0 Å². The molecule has 0 aliphatic carbocycles. The first kappa shape index (κ1) is 14.7. The number of hydrogen-bond donors (Lipinski definition) is 1. The molecule has 1 heterocycles. The van der Waals surface area contributed by atoms with Crippen LogP contribution in [-0.2, 0) is 11.2 Å². The number of carbonyl (C=O) groups excluding carboxylic acids is 1. The summed E-state index contributed by atoms with van der Waals surface area (Å²) in [6, 6.07) is 8.01. The molecule has 4 heteroatoms. The molecule has 0 bridgehead atoms. The highest BCUT2D eigenvalue weighted by Gasteiger charge is 2.32. The van der Waals surface area contributed by atoms with Crippen LogP contribution in [0.5, 0.6) is 0 Å². The molecule has 2 N–H and O–H groups in total. The van der Waals surface area contributed by atoms with E-state index in [4.69, 9.17) is 10.5 Å². The lowest BCUT2D eigenvalue weighted by Crippen LogP contribution is -2.35. The average Bonchev–Trinajstić information content (AvgIpc) is 2.78. The molecule has 1 aliphatic rings. The molecule has 0 spiro atoms. The van der Waals surface area contributed by atoms with E-state index in [2.05, 4.69) is 6.92 Å². The highest BCUT2D eigenvalue weighted by atomic mass is 16.6. The number of anilines is 1. The van der Waals surface area contributed by atoms with Gasteiger partial charge < -0.3 is 15.4 Å². The monoisotopic (exact) mass is 276 g/mol. The third kappa shape index (κ3) is 3.89. The maximum Gasteiger partial charge on any atom is 0.410 e. The van der Waals surface area contributed by atoms with Gasteiger partial charge in [0.25, 0.3) is 0 Å². The van der Waals surface area contributed by atoms with E-state index in [-0.39, 0.29) is 12.1 Å². The Morgan fingerprint density at radius 2 is 2.00 bits per heavy atom. The molecule has 1 atom stereocenters. The molecule has 0 radical (unpaired) electrons. The minimum atomic E-state index is -0.165. The van der Waals surface area contributed by atoms with Gasteiger partial charge in [-0.1, -0.05) is 38.3 Å². The Balaban J connectivity index is 1.88. The van der Waals surface area contributed by atoms with E-state index in [0.717, 1.165) is 25.1 Å². The standard InChI is InChI=1S/C16H24N2O2/c1-2-3-4-5-10-18-15(12-20-16(18)19)11-13-6-8-14(17)9-7-13/h6-9,15H,2-5,10-12,17H2,1H3/t15-/m0/s1. The molecule has 1 aliphatic heterocycles. The van der Waals surface area contributed by atoms with Crippen molar-refractivity contribution in [1.29, 1.82) is 0 Å². The van der Waals surface area contributed by atoms with Gasteiger partial charge in [0.05, 0.1) is 6.04 Å². The lowest BCUT2D eigenvalue weighted by molar-refractivity contribution is 0.157. The van der Waals surface area contributed by atoms with Crippen LogP contribution < -0.4 is 5.73 Å². The summed E-state index contributed by atoms with van der Waals surface area (Å²) in [6.07, 6.45) is 5.34. The minimum absolute atomic E-state index is 0.160. The van der Waals surface area contributed by atoms with Crippen LogP contribution in [0.3, 0.4) is 0 Å². The Hall–Kier alpha value is -1.71. The van der Waals surface area contributed by atoms with Crippen LogP contribution in [0.4, 0.5) is 10.5 Å². The summed E-state index contributed by atoms with van der Waals surface area (Å²) in [5.41, 5.74) is 7.65. The lowest BCUT2D eigenvalue weighted by atomic mass is 10.1. The minimum Gasteiger partial charge on any atom is -0.447 e. The Labute approximate surface area is 120 Å². The van der Waals surface area contributed by atoms with Gasteiger partial charge in [0, 0.05) is 12.2 Å². The van der Waals surface area contributed by atoms with Gasteiger partial charge in [0.1, 0.15) is 6.61 Å². The fraction of sp³-hybridized carbons (Fsp3) is 0.562. The molecule has 1 fully saturated rings. The first-order chi connectivity index (χ1) is 9.70. The zero-order valence-corrected chi connectivity index (χ0v) is 12.2. The quantitative estimate of drug-likeness (QED) is 0.614. The number of ether oxygens (including phenoxy) is 1. The highest BCUT2D eigenvalue weighted by molar-refractivity contribution is 5.70. The van der Waals surface area contributed by atoms with E-state index >= 15 is 0 Å². The third-order valence-electron chi connectivity index (χ3n) is 3.78. The molecule has 1 saturated heterocycles. The van der Waals surface area contributed by atoms with E-state index in [0.29, 0.717) is 6.61 Å². The van der Waals surface area contributed by atoms with Gasteiger partial charge in [-0.3, -0.25) is 0 Å². The van der Waals surface area contributed by atoms with Crippen molar-refractivity contribution < 1.29 is 9.53 Å². The van der Waals surface area contributed by atoms with Crippen molar-refractivity contribution in [1.82, 2.24) is 4.90 Å². The largest absolute Gasteiger partial charge is 0.447 e. The van der Waals surface area contributed by atoms with Gasteiger partial charge in [-0.05, 0) is 30.5 Å². The van der Waals surface area contributed by atoms with E-state index in [1.54, 1.807) is 0 Å². The van der Waals surface area contributed by atoms with Crippen LogP contribution in [0.1, 0.15) is 38.2 Å². The van der Waals surface area contributed by atoms with Crippen LogP contribution >= 0.6 is 0 Å². The van der Waals surface area contributed by atoms with Crippen molar-refractivity contribution in [3.63, 3.8) is 0 Å². The number of carbonyl (C=O) groups is 1. The Morgan fingerprint density at radius 1 is 1.25 bits per heavy atom. The first-order valence-electron chi connectivity index (χ1n) is 7.48. The van der Waals surface area contributed by atoms with Gasteiger partial charge in [-0.25, -0.2) is 4.79 Å². The van der Waals surface area contributed by atoms with E-state index in [9.17, 15) is 4.79 Å². The molecular formula is C16H24N2O2. The predicted octanol–water partition coefficient (Wildman–Crippen LogP) is 3.21. The Morgan fingerprint density at radius 3 is 2.70 bits per heavy atom. The number of amides is 1. The molecule has 0 unspecified atom stereocenters. The van der Waals surface area contributed by atoms with E-state index in [1.165, 1.54) is 24.8 Å². The topological polar surface area (TPSA) is 55.6 Å². The summed E-state index contributed by atoms with van der Waals surface area (Å²) in [7, 11) is 0. The zero-order chi connectivity index (χ0) is 14.4. The van der Waals surface area contributed by atoms with Crippen molar-refractivity contribution in [2.45, 2.75) is 45.1 Å². The third-order valence-corrected chi connectivity index (χ3v) is 3.78. The van der Waals surface area contributed by atoms with Gasteiger partial charge in [0.2, 0.25) is 0 Å². The van der Waals surface area contributed by atoms with Gasteiger partial charge in [-0.15, -0.1) is 0 Å². The maximum atomic E-state index is 11.8. The van der Waals surface area contributed by atoms with Crippen molar-refractivity contribution in [3.05, 3.63) is 29.8 Å². The van der Waals surface area contributed by atoms with Gasteiger partial charge in [0.15, 0.2) is 0 Å². The lowest BCUT2D eigenvalue weighted by Gasteiger charge is -2.21. The fourth-order valence-corrected chi connectivity index (χ4v) is 2.57. The summed E-state index contributed by atoms with van der Waals surface area (Å²) in [4.78, 5) is 13.7. The molecule has 1 amide bonds. The number of cyclic esters (lactones) is 1. The summed E-state index contributed by atoms with van der Waals surface area (Å²) in [5, 5.41) is 0. The van der Waals surface area contributed by atoms with Crippen molar-refractivity contribution in [3.8, 4) is 0 Å². The number of benzene rings is 1. The van der Waals surface area contributed by atoms with Crippen LogP contribution in [-0.4, -0.2) is 30.2 Å². The summed E-state index contributed by atoms with van der Waals surface area (Å²) < 4.78 is 5.19. The number of hydrogen-bond acceptors (Lipinski definition) is 3. The smallest absolute Gasteiger partial charge is 0.410 e. The van der Waals surface area contributed by atoms with E-state index in [1.807, 2.05) is 29.2 Å². The van der Waals surface area contributed by atoms with Gasteiger partial charge >= 0.3 is 6.09 Å². The number of unbranched alkanes of at least 4 members (excludes halogenated alkanes) is 3. The molecule has 110 valence electrons. The van der Waals surface area contributed by atoms with E-state index < -0.39 is 0 Å². The predicted molar refractivity (Wildman–Crippen MR) is 80.5 cm³/mol. The fourth-order valence-electron chi connectivity index (χ4n) is 2.57. The molecule has 20 heavy (non-hydrogen) atoms. The molecular weight excluding hydrogens is 252 g/mol. The molecule has 0 saturated carbocycles. The first-order valence-corrected chi connectivity index (χ1v) is 7.48. The number of rotatable bonds is 7. The number of nitrogens with two attached hydrogens (primary N) is 1. The maximum absolute atomic E-state index is 11.8. The SMILES string of the molecule is CCCCCCN1C(=O)OC[C@@H]1Cc1ccc(N)cc1. The van der Waals surface area contributed by atoms with Gasteiger partial charge in [-0.2, -0.15) is 0 Å². The molecule has 2 rings (SSSR count). The highest BCUT2D eigenvalue weighted by Crippen LogP contribution is 2.19. The second-order valence-corrected chi connectivity index (χ2v) is 5.43. The van der Waals surface area contributed by atoms with Crippen LogP contribution in [0.15, 0.2) is 24.3 Å². The van der Waals surface area contributed by atoms with Crippen LogP contribution in [0.25, 0.3) is 0 Å². The Bertz CT molecular complexity index is 431. The normalized spacial score (nSPS) is 18.4. The van der Waals surface area contributed by atoms with Crippen molar-refractivity contribution in [2.24, 2.45) is 0 Å². The molecule has 0 aromatic heterocycles. The zero-order valence-electron chi connectivity index (χ0n) is 12.2. The number of nitrogens with zero attached hydrogens (tertiary/aromatic N) is 1. The Kier molecular flexibility index (Phi) is 5.27. The van der Waals surface area contributed by atoms with Crippen LogP contribution in [0.2, 0.25) is 0 Å². The summed E-state index contributed by atoms with van der Waals surface area (Å²) >= 11 is 0. The molecule has 4 nitrogen and oxygen atoms in total. The molecule has 1 aromatic carbocycles. The summed E-state index contributed by atoms with van der Waals surface area (Å²) in [5.74, 6) is 0. The average molecular weight is 276 g/mol. The van der Waals surface area contributed by atoms with Crippen molar-refractivity contribution in [2.75, 3.05) is 18.9 Å². The second-order valence-electron chi connectivity index (χ2n) is 5.43. The second kappa shape index (κ2) is 7.17. The number of nitrogen functional groups attached to an aromatic ring is 1.